The van der Waals surface area contributed by atoms with Crippen LogP contribution >= 0.6 is 11.8 Å². The van der Waals surface area contributed by atoms with Crippen molar-refractivity contribution in [3.8, 4) is 0 Å². The monoisotopic (exact) mass is 506 g/mol. The van der Waals surface area contributed by atoms with Crippen molar-refractivity contribution in [1.82, 2.24) is 0 Å². The third-order valence-electron chi connectivity index (χ3n) is 6.22. The summed E-state index contributed by atoms with van der Waals surface area (Å²) in [7, 11) is 0. The van der Waals surface area contributed by atoms with Crippen molar-refractivity contribution >= 4 is 17.7 Å². The second-order valence-corrected chi connectivity index (χ2v) is 10.0. The fourth-order valence-electron chi connectivity index (χ4n) is 4.47. The van der Waals surface area contributed by atoms with Crippen molar-refractivity contribution in [2.75, 3.05) is 12.4 Å². The van der Waals surface area contributed by atoms with E-state index in [2.05, 4.69) is 6.92 Å². The van der Waals surface area contributed by atoms with Gasteiger partial charge in [-0.25, -0.2) is 4.79 Å². The van der Waals surface area contributed by atoms with Gasteiger partial charge in [-0.15, -0.1) is 11.8 Å². The van der Waals surface area contributed by atoms with Gasteiger partial charge in [-0.1, -0.05) is 85.8 Å². The van der Waals surface area contributed by atoms with Crippen LogP contribution in [-0.4, -0.2) is 48.2 Å². The molecule has 0 amide bonds. The highest BCUT2D eigenvalue weighted by atomic mass is 32.2. The molecule has 0 radical (unpaired) electrons. The highest BCUT2D eigenvalue weighted by Crippen LogP contribution is 2.39. The summed E-state index contributed by atoms with van der Waals surface area (Å²) >= 11 is 1.59. The Morgan fingerprint density at radius 1 is 0.889 bits per heavy atom. The number of ether oxygens (including phenoxy) is 5. The Bertz CT molecular complexity index is 1100. The highest BCUT2D eigenvalue weighted by molar-refractivity contribution is 7.99. The van der Waals surface area contributed by atoms with E-state index in [-0.39, 0.29) is 6.10 Å². The number of thioether (sulfide) groups is 1. The number of hydrogen-bond donors (Lipinski definition) is 0. The van der Waals surface area contributed by atoms with Gasteiger partial charge in [0.05, 0.1) is 18.8 Å². The van der Waals surface area contributed by atoms with Crippen LogP contribution in [-0.2, 0) is 30.3 Å². The predicted octanol–water partition coefficient (Wildman–Crippen LogP) is 5.39. The normalized spacial score (nSPS) is 27.7. The maximum atomic E-state index is 13.1. The van der Waals surface area contributed by atoms with Crippen molar-refractivity contribution in [2.45, 2.75) is 49.7 Å². The molecule has 7 heteroatoms. The molecule has 2 fully saturated rings. The first-order chi connectivity index (χ1) is 17.7. The minimum atomic E-state index is -0.665. The molecule has 2 aliphatic heterocycles. The van der Waals surface area contributed by atoms with E-state index in [4.69, 9.17) is 23.7 Å². The lowest BCUT2D eigenvalue weighted by molar-refractivity contribution is -0.324. The molecule has 3 aromatic carbocycles. The summed E-state index contributed by atoms with van der Waals surface area (Å²) in [6.45, 7) is 2.77. The van der Waals surface area contributed by atoms with Gasteiger partial charge in [0.1, 0.15) is 23.7 Å². The third kappa shape index (κ3) is 5.82. The standard InChI is InChI=1S/C29H30O6S/c1-2-36-29-26(34-27(30)21-14-8-4-9-15-21)25(31-18-20-12-6-3-7-13-20)24-23(33-29)19-32-28(35-24)22-16-10-5-11-17-22/h3-17,23-26,28-29H,2,18-19H2,1H3/t23-,24+,25+,26-,28+,29+/m1/s1. The molecule has 0 aliphatic carbocycles. The second-order valence-electron chi connectivity index (χ2n) is 8.67. The van der Waals surface area contributed by atoms with Crippen LogP contribution in [0.15, 0.2) is 91.0 Å². The smallest absolute Gasteiger partial charge is 0.338 e. The third-order valence-corrected chi connectivity index (χ3v) is 7.27. The molecule has 2 saturated heterocycles. The van der Waals surface area contributed by atoms with Gasteiger partial charge in [-0.2, -0.15) is 0 Å². The molecular weight excluding hydrogens is 476 g/mol. The van der Waals surface area contributed by atoms with Crippen molar-refractivity contribution < 1.29 is 28.5 Å². The maximum absolute atomic E-state index is 13.1. The van der Waals surface area contributed by atoms with Gasteiger partial charge < -0.3 is 23.7 Å². The van der Waals surface area contributed by atoms with Crippen LogP contribution in [0.5, 0.6) is 0 Å². The van der Waals surface area contributed by atoms with Crippen molar-refractivity contribution in [3.63, 3.8) is 0 Å². The van der Waals surface area contributed by atoms with Gasteiger partial charge in [-0.3, -0.25) is 0 Å². The molecule has 5 rings (SSSR count). The quantitative estimate of drug-likeness (QED) is 0.380. The van der Waals surface area contributed by atoms with E-state index in [1.165, 1.54) is 0 Å². The zero-order chi connectivity index (χ0) is 24.7. The Morgan fingerprint density at radius 2 is 1.56 bits per heavy atom. The van der Waals surface area contributed by atoms with E-state index in [0.717, 1.165) is 16.9 Å². The molecule has 188 valence electrons. The summed E-state index contributed by atoms with van der Waals surface area (Å²) in [5, 5.41) is 0. The van der Waals surface area contributed by atoms with Crippen LogP contribution in [0.2, 0.25) is 0 Å². The largest absolute Gasteiger partial charge is 0.452 e. The van der Waals surface area contributed by atoms with Crippen molar-refractivity contribution in [3.05, 3.63) is 108 Å². The minimum absolute atomic E-state index is 0.346. The summed E-state index contributed by atoms with van der Waals surface area (Å²) < 4.78 is 31.5. The summed E-state index contributed by atoms with van der Waals surface area (Å²) in [6, 6.07) is 28.7. The van der Waals surface area contributed by atoms with E-state index in [1.807, 2.05) is 78.9 Å². The first kappa shape index (κ1) is 25.0. The molecule has 0 unspecified atom stereocenters. The number of benzene rings is 3. The van der Waals surface area contributed by atoms with E-state index in [9.17, 15) is 4.79 Å². The Balaban J connectivity index is 1.43. The number of hydrogen-bond acceptors (Lipinski definition) is 7. The number of carbonyl (C=O) groups excluding carboxylic acids is 1. The van der Waals surface area contributed by atoms with Crippen LogP contribution < -0.4 is 0 Å². The molecule has 0 spiro atoms. The molecule has 6 atom stereocenters. The van der Waals surface area contributed by atoms with E-state index in [1.54, 1.807) is 23.9 Å². The van der Waals surface area contributed by atoms with Crippen LogP contribution in [0.25, 0.3) is 0 Å². The number of fused-ring (bicyclic) bond motifs is 1. The number of esters is 1. The van der Waals surface area contributed by atoms with Crippen LogP contribution in [0.3, 0.4) is 0 Å². The zero-order valence-corrected chi connectivity index (χ0v) is 20.9. The second kappa shape index (κ2) is 12.0. The highest BCUT2D eigenvalue weighted by Gasteiger charge is 2.52. The molecule has 6 nitrogen and oxygen atoms in total. The summed E-state index contributed by atoms with van der Waals surface area (Å²) in [4.78, 5) is 13.1. The fraction of sp³-hybridized carbons (Fsp3) is 0.345. The van der Waals surface area contributed by atoms with Crippen LogP contribution in [0.1, 0.15) is 34.7 Å². The molecule has 2 heterocycles. The Kier molecular flexibility index (Phi) is 8.36. The van der Waals surface area contributed by atoms with Gasteiger partial charge in [0.2, 0.25) is 0 Å². The lowest BCUT2D eigenvalue weighted by atomic mass is 9.98. The molecule has 0 bridgehead atoms. The first-order valence-electron chi connectivity index (χ1n) is 12.2. The van der Waals surface area contributed by atoms with E-state index >= 15 is 0 Å². The summed E-state index contributed by atoms with van der Waals surface area (Å²) in [5.41, 5.74) is 2.02. The van der Waals surface area contributed by atoms with Gasteiger partial charge in [0.25, 0.3) is 0 Å². The minimum Gasteiger partial charge on any atom is -0.452 e. The molecule has 3 aromatic rings. The van der Waals surface area contributed by atoms with Crippen LogP contribution in [0, 0.1) is 0 Å². The average molecular weight is 507 g/mol. The van der Waals surface area contributed by atoms with Crippen molar-refractivity contribution in [2.24, 2.45) is 0 Å². The fourth-order valence-corrected chi connectivity index (χ4v) is 5.42. The summed E-state index contributed by atoms with van der Waals surface area (Å²) in [5.74, 6) is 0.380. The molecule has 0 N–H and O–H groups in total. The Labute approximate surface area is 215 Å². The summed E-state index contributed by atoms with van der Waals surface area (Å²) in [6.07, 6.45) is -2.59. The molecule has 36 heavy (non-hydrogen) atoms. The lowest BCUT2D eigenvalue weighted by Gasteiger charge is -2.48. The number of carbonyl (C=O) groups is 1. The predicted molar refractivity (Wildman–Crippen MR) is 137 cm³/mol. The Hall–Kier alpha value is -2.68. The van der Waals surface area contributed by atoms with Gasteiger partial charge in [-0.05, 0) is 23.4 Å². The number of rotatable bonds is 8. The maximum Gasteiger partial charge on any atom is 0.338 e. The lowest BCUT2D eigenvalue weighted by Crippen LogP contribution is -2.62. The first-order valence-corrected chi connectivity index (χ1v) is 13.3. The van der Waals surface area contributed by atoms with Gasteiger partial charge in [0, 0.05) is 5.56 Å². The van der Waals surface area contributed by atoms with Crippen LogP contribution in [0.4, 0.5) is 0 Å². The van der Waals surface area contributed by atoms with Crippen molar-refractivity contribution in [1.29, 1.82) is 0 Å². The molecule has 0 aromatic heterocycles. The van der Waals surface area contributed by atoms with E-state index in [0.29, 0.717) is 18.8 Å². The molecular formula is C29H30O6S. The molecule has 0 saturated carbocycles. The Morgan fingerprint density at radius 3 is 2.25 bits per heavy atom. The average Bonchev–Trinajstić information content (AvgIpc) is 2.94. The zero-order valence-electron chi connectivity index (χ0n) is 20.1. The van der Waals surface area contributed by atoms with E-state index < -0.39 is 36.0 Å². The molecule has 2 aliphatic rings. The van der Waals surface area contributed by atoms with Gasteiger partial charge >= 0.3 is 5.97 Å². The SMILES string of the molecule is CCS[C@@H]1O[C@@H]2CO[C@H](c3ccccc3)O[C@@H]2[C@H](OCc2ccccc2)[C@H]1OC(=O)c1ccccc1. The topological polar surface area (TPSA) is 63.2 Å². The van der Waals surface area contributed by atoms with Gasteiger partial charge in [0.15, 0.2) is 12.4 Å².